The first-order valence-electron chi connectivity index (χ1n) is 11.1. The highest BCUT2D eigenvalue weighted by Crippen LogP contribution is 2.43. The molecule has 162 valence electrons. The standard InChI is InChI=1S/C24H31ClN2O2S/c1-15-7-3-6-10-19(15)26-23(28)17-11-12-21-20(13-17)27(2)24(29)22(30-21)14-16-8-4-5-9-18(16)25/h4-5,8-9,14-15,17,19-21H,3,6-7,10-13H2,1-2H3,(H,26,28)/b22-14-. The number of thioether (sulfide) groups is 1. The van der Waals surface area contributed by atoms with Gasteiger partial charge in [0.2, 0.25) is 5.91 Å². The second kappa shape index (κ2) is 9.35. The van der Waals surface area contributed by atoms with Crippen LogP contribution in [0.4, 0.5) is 0 Å². The Hall–Kier alpha value is -1.46. The van der Waals surface area contributed by atoms with Crippen LogP contribution < -0.4 is 5.32 Å². The van der Waals surface area contributed by atoms with Gasteiger partial charge in [0.05, 0.1) is 4.91 Å². The second-order valence-electron chi connectivity index (χ2n) is 9.06. The zero-order valence-electron chi connectivity index (χ0n) is 17.8. The molecule has 4 nitrogen and oxygen atoms in total. The number of likely N-dealkylation sites (N-methyl/N-ethyl adjacent to an activating group) is 1. The maximum atomic E-state index is 13.0. The van der Waals surface area contributed by atoms with Gasteiger partial charge in [0.15, 0.2) is 0 Å². The number of halogens is 1. The van der Waals surface area contributed by atoms with E-state index in [-0.39, 0.29) is 23.8 Å². The van der Waals surface area contributed by atoms with Crippen LogP contribution in [0, 0.1) is 11.8 Å². The van der Waals surface area contributed by atoms with Crippen molar-refractivity contribution < 1.29 is 9.59 Å². The zero-order chi connectivity index (χ0) is 21.3. The summed E-state index contributed by atoms with van der Waals surface area (Å²) in [5.74, 6) is 0.787. The summed E-state index contributed by atoms with van der Waals surface area (Å²) in [5.41, 5.74) is 0.872. The van der Waals surface area contributed by atoms with Crippen molar-refractivity contribution in [3.05, 3.63) is 39.8 Å². The predicted octanol–water partition coefficient (Wildman–Crippen LogP) is 5.12. The van der Waals surface area contributed by atoms with Gasteiger partial charge in [-0.3, -0.25) is 9.59 Å². The number of nitrogens with zero attached hydrogens (tertiary/aromatic N) is 1. The number of benzene rings is 1. The fourth-order valence-electron chi connectivity index (χ4n) is 5.10. The van der Waals surface area contributed by atoms with Gasteiger partial charge in [-0.05, 0) is 55.7 Å². The first-order valence-corrected chi connectivity index (χ1v) is 12.4. The Morgan fingerprint density at radius 2 is 1.97 bits per heavy atom. The zero-order valence-corrected chi connectivity index (χ0v) is 19.3. The molecule has 2 amide bonds. The maximum Gasteiger partial charge on any atom is 0.260 e. The molecular weight excluding hydrogens is 416 g/mol. The van der Waals surface area contributed by atoms with Gasteiger partial charge < -0.3 is 10.2 Å². The summed E-state index contributed by atoms with van der Waals surface area (Å²) in [5, 5.41) is 4.32. The van der Waals surface area contributed by atoms with Gasteiger partial charge >= 0.3 is 0 Å². The van der Waals surface area contributed by atoms with Crippen LogP contribution in [-0.4, -0.2) is 41.1 Å². The molecule has 1 saturated heterocycles. The lowest BCUT2D eigenvalue weighted by molar-refractivity contribution is -0.132. The molecule has 6 heteroatoms. The molecule has 0 aromatic heterocycles. The summed E-state index contributed by atoms with van der Waals surface area (Å²) in [6.07, 6.45) is 9.28. The van der Waals surface area contributed by atoms with Gasteiger partial charge in [-0.2, -0.15) is 0 Å². The molecular formula is C24H31ClN2O2S. The van der Waals surface area contributed by atoms with Crippen LogP contribution in [0.3, 0.4) is 0 Å². The molecule has 5 atom stereocenters. The van der Waals surface area contributed by atoms with Crippen LogP contribution in [0.15, 0.2) is 29.2 Å². The van der Waals surface area contributed by atoms with Crippen LogP contribution in [0.25, 0.3) is 6.08 Å². The summed E-state index contributed by atoms with van der Waals surface area (Å²) in [7, 11) is 1.88. The quantitative estimate of drug-likeness (QED) is 0.655. The number of amides is 2. The molecule has 30 heavy (non-hydrogen) atoms. The highest BCUT2D eigenvalue weighted by Gasteiger charge is 2.43. The Morgan fingerprint density at radius 3 is 2.73 bits per heavy atom. The van der Waals surface area contributed by atoms with Crippen molar-refractivity contribution in [1.82, 2.24) is 10.2 Å². The van der Waals surface area contributed by atoms with Gasteiger partial charge in [-0.25, -0.2) is 0 Å². The van der Waals surface area contributed by atoms with Gasteiger partial charge in [0.25, 0.3) is 5.91 Å². The fourth-order valence-corrected chi connectivity index (χ4v) is 6.76. The van der Waals surface area contributed by atoms with Crippen LogP contribution >= 0.6 is 23.4 Å². The molecule has 3 aliphatic rings. The van der Waals surface area contributed by atoms with E-state index < -0.39 is 0 Å². The molecule has 2 saturated carbocycles. The number of hydrogen-bond donors (Lipinski definition) is 1. The van der Waals surface area contributed by atoms with E-state index in [1.54, 1.807) is 11.8 Å². The fraction of sp³-hybridized carbons (Fsp3) is 0.583. The highest BCUT2D eigenvalue weighted by molar-refractivity contribution is 8.04. The molecule has 1 N–H and O–H groups in total. The first-order chi connectivity index (χ1) is 14.4. The smallest absolute Gasteiger partial charge is 0.260 e. The van der Waals surface area contributed by atoms with E-state index >= 15 is 0 Å². The number of nitrogens with one attached hydrogen (secondary N) is 1. The Morgan fingerprint density at radius 1 is 1.20 bits per heavy atom. The number of carbonyl (C=O) groups excluding carboxylic acids is 2. The monoisotopic (exact) mass is 446 g/mol. The van der Waals surface area contributed by atoms with E-state index in [1.807, 2.05) is 42.3 Å². The van der Waals surface area contributed by atoms with E-state index in [4.69, 9.17) is 11.6 Å². The molecule has 1 heterocycles. The normalized spacial score (nSPS) is 33.3. The van der Waals surface area contributed by atoms with Crippen LogP contribution in [0.1, 0.15) is 57.4 Å². The average molecular weight is 447 g/mol. The molecule has 1 aromatic carbocycles. The number of fused-ring (bicyclic) bond motifs is 1. The largest absolute Gasteiger partial charge is 0.353 e. The third-order valence-corrected chi connectivity index (χ3v) is 8.81. The van der Waals surface area contributed by atoms with Crippen molar-refractivity contribution in [2.45, 2.75) is 69.2 Å². The lowest BCUT2D eigenvalue weighted by atomic mass is 9.82. The minimum atomic E-state index is 0.00493. The van der Waals surface area contributed by atoms with Crippen molar-refractivity contribution in [1.29, 1.82) is 0 Å². The third-order valence-electron chi connectivity index (χ3n) is 7.06. The lowest BCUT2D eigenvalue weighted by Crippen LogP contribution is -2.53. The van der Waals surface area contributed by atoms with Crippen molar-refractivity contribution >= 4 is 41.3 Å². The van der Waals surface area contributed by atoms with Crippen molar-refractivity contribution in [2.24, 2.45) is 11.8 Å². The minimum absolute atomic E-state index is 0.00493. The molecule has 1 aliphatic heterocycles. The summed E-state index contributed by atoms with van der Waals surface area (Å²) >= 11 is 7.95. The molecule has 0 spiro atoms. The van der Waals surface area contributed by atoms with Gasteiger partial charge in [-0.1, -0.05) is 49.6 Å². The van der Waals surface area contributed by atoms with E-state index in [2.05, 4.69) is 12.2 Å². The highest BCUT2D eigenvalue weighted by atomic mass is 35.5. The van der Waals surface area contributed by atoms with Crippen molar-refractivity contribution in [2.75, 3.05) is 7.05 Å². The Balaban J connectivity index is 1.42. The van der Waals surface area contributed by atoms with E-state index in [1.165, 1.54) is 19.3 Å². The van der Waals surface area contributed by atoms with Crippen LogP contribution in [-0.2, 0) is 9.59 Å². The number of hydrogen-bond acceptors (Lipinski definition) is 3. The minimum Gasteiger partial charge on any atom is -0.353 e. The molecule has 4 rings (SSSR count). The molecule has 1 aromatic rings. The van der Waals surface area contributed by atoms with Crippen molar-refractivity contribution in [3.63, 3.8) is 0 Å². The molecule has 3 fully saturated rings. The van der Waals surface area contributed by atoms with Crippen molar-refractivity contribution in [3.8, 4) is 0 Å². The van der Waals surface area contributed by atoms with E-state index in [0.717, 1.165) is 36.2 Å². The Labute approximate surface area is 188 Å². The average Bonchev–Trinajstić information content (AvgIpc) is 2.74. The summed E-state index contributed by atoms with van der Waals surface area (Å²) in [6, 6.07) is 8.02. The SMILES string of the molecule is CC1CCCCC1NC(=O)C1CCC2S/C(=C\c3ccccc3Cl)C(=O)N(C)C2C1. The third kappa shape index (κ3) is 4.57. The predicted molar refractivity (Wildman–Crippen MR) is 124 cm³/mol. The summed E-state index contributed by atoms with van der Waals surface area (Å²) in [6.45, 7) is 2.25. The summed E-state index contributed by atoms with van der Waals surface area (Å²) < 4.78 is 0. The van der Waals surface area contributed by atoms with Gasteiger partial charge in [-0.15, -0.1) is 11.8 Å². The number of carbonyl (C=O) groups is 2. The maximum absolute atomic E-state index is 13.0. The van der Waals surface area contributed by atoms with Crippen LogP contribution in [0.5, 0.6) is 0 Å². The topological polar surface area (TPSA) is 49.4 Å². The molecule has 2 aliphatic carbocycles. The van der Waals surface area contributed by atoms with E-state index in [0.29, 0.717) is 22.2 Å². The van der Waals surface area contributed by atoms with Gasteiger partial charge in [0.1, 0.15) is 0 Å². The lowest BCUT2D eigenvalue weighted by Gasteiger charge is -2.44. The molecule has 5 unspecified atom stereocenters. The van der Waals surface area contributed by atoms with Crippen LogP contribution in [0.2, 0.25) is 5.02 Å². The number of rotatable bonds is 3. The second-order valence-corrected chi connectivity index (χ2v) is 10.7. The van der Waals surface area contributed by atoms with E-state index in [9.17, 15) is 9.59 Å². The Kier molecular flexibility index (Phi) is 6.78. The van der Waals surface area contributed by atoms with Gasteiger partial charge in [0, 0.05) is 35.3 Å². The summed E-state index contributed by atoms with van der Waals surface area (Å²) in [4.78, 5) is 28.6. The molecule has 0 radical (unpaired) electrons. The Bertz CT molecular complexity index is 842. The first kappa shape index (κ1) is 21.8. The molecule has 0 bridgehead atoms.